The second kappa shape index (κ2) is 7.49. The number of fused-ring (bicyclic) bond motifs is 1. The Bertz CT molecular complexity index is 970. The SMILES string of the molecule is O=C(CCc1conc1-c1cccc(F)c1)NCc1ccc2c(c1)OCO2. The van der Waals surface area contributed by atoms with Crippen molar-refractivity contribution in [1.82, 2.24) is 10.5 Å². The molecule has 0 unspecified atom stereocenters. The van der Waals surface area contributed by atoms with Gasteiger partial charge in [0, 0.05) is 24.1 Å². The van der Waals surface area contributed by atoms with E-state index in [0.29, 0.717) is 35.7 Å². The third-order valence-corrected chi connectivity index (χ3v) is 4.29. The third-order valence-electron chi connectivity index (χ3n) is 4.29. The number of aryl methyl sites for hydroxylation is 1. The van der Waals surface area contributed by atoms with E-state index in [2.05, 4.69) is 10.5 Å². The topological polar surface area (TPSA) is 73.6 Å². The Morgan fingerprint density at radius 1 is 1.15 bits per heavy atom. The molecule has 1 amide bonds. The molecular formula is C20H17FN2O4. The van der Waals surface area contributed by atoms with Crippen molar-refractivity contribution in [3.8, 4) is 22.8 Å². The summed E-state index contributed by atoms with van der Waals surface area (Å²) in [4.78, 5) is 12.2. The van der Waals surface area contributed by atoms with Crippen LogP contribution in [0.4, 0.5) is 4.39 Å². The fraction of sp³-hybridized carbons (Fsp3) is 0.200. The van der Waals surface area contributed by atoms with E-state index in [4.69, 9.17) is 14.0 Å². The van der Waals surface area contributed by atoms with Gasteiger partial charge in [0.15, 0.2) is 11.5 Å². The minimum absolute atomic E-state index is 0.0981. The maximum atomic E-state index is 13.4. The minimum atomic E-state index is -0.345. The van der Waals surface area contributed by atoms with Crippen molar-refractivity contribution in [3.63, 3.8) is 0 Å². The van der Waals surface area contributed by atoms with Gasteiger partial charge in [-0.3, -0.25) is 4.79 Å². The van der Waals surface area contributed by atoms with E-state index in [1.165, 1.54) is 18.4 Å². The fourth-order valence-corrected chi connectivity index (χ4v) is 2.90. The average Bonchev–Trinajstić information content (AvgIpc) is 3.33. The van der Waals surface area contributed by atoms with Crippen molar-refractivity contribution < 1.29 is 23.2 Å². The van der Waals surface area contributed by atoms with Crippen LogP contribution in [0, 0.1) is 5.82 Å². The Hall–Kier alpha value is -3.35. The summed E-state index contributed by atoms with van der Waals surface area (Å²) in [6.45, 7) is 0.618. The molecule has 0 bridgehead atoms. The number of hydrogen-bond donors (Lipinski definition) is 1. The van der Waals surface area contributed by atoms with Crippen molar-refractivity contribution in [2.45, 2.75) is 19.4 Å². The molecular weight excluding hydrogens is 351 g/mol. The van der Waals surface area contributed by atoms with Crippen LogP contribution in [0.15, 0.2) is 53.3 Å². The van der Waals surface area contributed by atoms with Crippen LogP contribution in [0.3, 0.4) is 0 Å². The van der Waals surface area contributed by atoms with Crippen molar-refractivity contribution in [3.05, 3.63) is 65.7 Å². The number of amides is 1. The van der Waals surface area contributed by atoms with Gasteiger partial charge in [-0.15, -0.1) is 0 Å². The van der Waals surface area contributed by atoms with Gasteiger partial charge in [-0.1, -0.05) is 23.4 Å². The molecule has 27 heavy (non-hydrogen) atoms. The molecule has 1 aliphatic heterocycles. The molecule has 0 atom stereocenters. The molecule has 3 aromatic rings. The van der Waals surface area contributed by atoms with Crippen LogP contribution in [-0.2, 0) is 17.8 Å². The van der Waals surface area contributed by atoms with Crippen LogP contribution in [0.1, 0.15) is 17.5 Å². The summed E-state index contributed by atoms with van der Waals surface area (Å²) in [6, 6.07) is 11.7. The zero-order valence-electron chi connectivity index (χ0n) is 14.4. The molecule has 2 heterocycles. The van der Waals surface area contributed by atoms with Gasteiger partial charge < -0.3 is 19.3 Å². The molecule has 1 aromatic heterocycles. The number of halogens is 1. The summed E-state index contributed by atoms with van der Waals surface area (Å²) in [5.74, 6) is 0.954. The van der Waals surface area contributed by atoms with Crippen LogP contribution in [0.25, 0.3) is 11.3 Å². The van der Waals surface area contributed by atoms with Crippen molar-refractivity contribution in [1.29, 1.82) is 0 Å². The molecule has 0 saturated carbocycles. The van der Waals surface area contributed by atoms with Crippen molar-refractivity contribution in [2.75, 3.05) is 6.79 Å². The molecule has 0 spiro atoms. The number of benzene rings is 2. The molecule has 0 fully saturated rings. The molecule has 6 nitrogen and oxygen atoms in total. The number of carbonyl (C=O) groups is 1. The number of carbonyl (C=O) groups excluding carboxylic acids is 1. The Balaban J connectivity index is 1.33. The molecule has 4 rings (SSSR count). The Labute approximate surface area is 154 Å². The lowest BCUT2D eigenvalue weighted by Crippen LogP contribution is -2.23. The van der Waals surface area contributed by atoms with Gasteiger partial charge in [0.25, 0.3) is 0 Å². The van der Waals surface area contributed by atoms with Gasteiger partial charge in [-0.25, -0.2) is 4.39 Å². The van der Waals surface area contributed by atoms with E-state index in [1.807, 2.05) is 18.2 Å². The van der Waals surface area contributed by atoms with E-state index in [1.54, 1.807) is 12.1 Å². The smallest absolute Gasteiger partial charge is 0.231 e. The predicted octanol–water partition coefficient (Wildman–Crippen LogP) is 3.46. The first-order chi connectivity index (χ1) is 13.2. The summed E-state index contributed by atoms with van der Waals surface area (Å²) >= 11 is 0. The van der Waals surface area contributed by atoms with E-state index < -0.39 is 0 Å². The molecule has 2 aromatic carbocycles. The second-order valence-electron chi connectivity index (χ2n) is 6.16. The zero-order valence-corrected chi connectivity index (χ0v) is 14.4. The number of rotatable bonds is 6. The van der Waals surface area contributed by atoms with E-state index in [0.717, 1.165) is 11.1 Å². The van der Waals surface area contributed by atoms with Crippen LogP contribution >= 0.6 is 0 Å². The van der Waals surface area contributed by atoms with Gasteiger partial charge in [0.2, 0.25) is 12.7 Å². The highest BCUT2D eigenvalue weighted by Gasteiger charge is 2.15. The molecule has 0 saturated heterocycles. The van der Waals surface area contributed by atoms with Crippen LogP contribution in [0.5, 0.6) is 11.5 Å². The van der Waals surface area contributed by atoms with Gasteiger partial charge in [0.1, 0.15) is 17.8 Å². The number of nitrogens with one attached hydrogen (secondary N) is 1. The van der Waals surface area contributed by atoms with Crippen LogP contribution in [0.2, 0.25) is 0 Å². The molecule has 0 aliphatic carbocycles. The largest absolute Gasteiger partial charge is 0.454 e. The van der Waals surface area contributed by atoms with Gasteiger partial charge >= 0.3 is 0 Å². The lowest BCUT2D eigenvalue weighted by atomic mass is 10.0. The first kappa shape index (κ1) is 17.1. The fourth-order valence-electron chi connectivity index (χ4n) is 2.90. The minimum Gasteiger partial charge on any atom is -0.454 e. The number of ether oxygens (including phenoxy) is 2. The lowest BCUT2D eigenvalue weighted by Gasteiger charge is -2.06. The highest BCUT2D eigenvalue weighted by atomic mass is 19.1. The normalized spacial score (nSPS) is 12.2. The van der Waals surface area contributed by atoms with Crippen molar-refractivity contribution >= 4 is 5.91 Å². The maximum absolute atomic E-state index is 13.4. The average molecular weight is 368 g/mol. The lowest BCUT2D eigenvalue weighted by molar-refractivity contribution is -0.121. The molecule has 7 heteroatoms. The quantitative estimate of drug-likeness (QED) is 0.721. The highest BCUT2D eigenvalue weighted by Crippen LogP contribution is 2.32. The summed E-state index contributed by atoms with van der Waals surface area (Å²) in [6.07, 6.45) is 2.21. The first-order valence-electron chi connectivity index (χ1n) is 8.53. The summed E-state index contributed by atoms with van der Waals surface area (Å²) in [5.41, 5.74) is 2.87. The third kappa shape index (κ3) is 3.92. The van der Waals surface area contributed by atoms with E-state index in [9.17, 15) is 9.18 Å². The van der Waals surface area contributed by atoms with Crippen LogP contribution in [-0.4, -0.2) is 17.9 Å². The number of hydrogen-bond acceptors (Lipinski definition) is 5. The maximum Gasteiger partial charge on any atom is 0.231 e. The molecule has 1 aliphatic rings. The molecule has 1 N–H and O–H groups in total. The zero-order chi connectivity index (χ0) is 18.6. The Kier molecular flexibility index (Phi) is 4.74. The van der Waals surface area contributed by atoms with Gasteiger partial charge in [-0.2, -0.15) is 0 Å². The summed E-state index contributed by atoms with van der Waals surface area (Å²) in [7, 11) is 0. The summed E-state index contributed by atoms with van der Waals surface area (Å²) in [5, 5.41) is 6.81. The first-order valence-corrected chi connectivity index (χ1v) is 8.53. The number of aromatic nitrogens is 1. The Morgan fingerprint density at radius 2 is 2.04 bits per heavy atom. The van der Waals surface area contributed by atoms with E-state index >= 15 is 0 Å². The standard InChI is InChI=1S/C20H17FN2O4/c21-16-3-1-2-14(9-16)20-15(11-27-23-20)5-7-19(24)22-10-13-4-6-17-18(8-13)26-12-25-17/h1-4,6,8-9,11H,5,7,10,12H2,(H,22,24). The summed E-state index contributed by atoms with van der Waals surface area (Å²) < 4.78 is 29.0. The molecule has 0 radical (unpaired) electrons. The Morgan fingerprint density at radius 3 is 2.93 bits per heavy atom. The highest BCUT2D eigenvalue weighted by molar-refractivity contribution is 5.76. The van der Waals surface area contributed by atoms with Gasteiger partial charge in [-0.05, 0) is 36.2 Å². The second-order valence-corrected chi connectivity index (χ2v) is 6.16. The van der Waals surface area contributed by atoms with Crippen LogP contribution < -0.4 is 14.8 Å². The molecule has 138 valence electrons. The van der Waals surface area contributed by atoms with Gasteiger partial charge in [0.05, 0.1) is 0 Å². The number of nitrogens with zero attached hydrogens (tertiary/aromatic N) is 1. The predicted molar refractivity (Wildman–Crippen MR) is 94.6 cm³/mol. The van der Waals surface area contributed by atoms with Crippen molar-refractivity contribution in [2.24, 2.45) is 0 Å². The monoisotopic (exact) mass is 368 g/mol. The van der Waals surface area contributed by atoms with E-state index in [-0.39, 0.29) is 24.9 Å².